The average molecular weight is 390 g/mol. The summed E-state index contributed by atoms with van der Waals surface area (Å²) in [6, 6.07) is 8.26. The van der Waals surface area contributed by atoms with E-state index in [1.165, 1.54) is 0 Å². The SMILES string of the molecule is CCNC(=O)C[NH+](CC)CC(=O)NN1C(=O)N[C@](CC)(c2ccccc2)C1=O. The number of hydrazine groups is 1. The van der Waals surface area contributed by atoms with Gasteiger partial charge in [-0.15, -0.1) is 0 Å². The first kappa shape index (κ1) is 21.4. The van der Waals surface area contributed by atoms with Gasteiger partial charge in [0.1, 0.15) is 5.54 Å². The molecule has 1 aromatic rings. The Bertz CT molecular complexity index is 739. The Kier molecular flexibility index (Phi) is 7.11. The summed E-state index contributed by atoms with van der Waals surface area (Å²) >= 11 is 0. The summed E-state index contributed by atoms with van der Waals surface area (Å²) in [5.74, 6) is -1.19. The Hall–Kier alpha value is -2.94. The number of carbonyl (C=O) groups excluding carboxylic acids is 4. The molecule has 9 nitrogen and oxygen atoms in total. The van der Waals surface area contributed by atoms with Gasteiger partial charge in [-0.3, -0.25) is 19.8 Å². The molecule has 0 spiro atoms. The van der Waals surface area contributed by atoms with E-state index < -0.39 is 23.4 Å². The van der Waals surface area contributed by atoms with E-state index in [4.69, 9.17) is 0 Å². The maximum atomic E-state index is 13.0. The lowest BCUT2D eigenvalue weighted by molar-refractivity contribution is -0.881. The third kappa shape index (κ3) is 4.48. The molecule has 1 aliphatic rings. The van der Waals surface area contributed by atoms with E-state index >= 15 is 0 Å². The van der Waals surface area contributed by atoms with E-state index in [0.29, 0.717) is 25.1 Å². The number of imide groups is 1. The van der Waals surface area contributed by atoms with Crippen molar-refractivity contribution in [3.05, 3.63) is 35.9 Å². The van der Waals surface area contributed by atoms with Crippen molar-refractivity contribution in [2.45, 2.75) is 32.7 Å². The van der Waals surface area contributed by atoms with Gasteiger partial charge >= 0.3 is 6.03 Å². The molecule has 9 heteroatoms. The van der Waals surface area contributed by atoms with Gasteiger partial charge in [-0.25, -0.2) is 4.79 Å². The highest BCUT2D eigenvalue weighted by atomic mass is 16.2. The number of carbonyl (C=O) groups is 4. The maximum Gasteiger partial charge on any atom is 0.344 e. The second kappa shape index (κ2) is 9.32. The fraction of sp³-hybridized carbons (Fsp3) is 0.474. The fourth-order valence-electron chi connectivity index (χ4n) is 3.23. The van der Waals surface area contributed by atoms with Crippen LogP contribution >= 0.6 is 0 Å². The minimum atomic E-state index is -1.20. The summed E-state index contributed by atoms with van der Waals surface area (Å²) in [5.41, 5.74) is 1.84. The number of likely N-dealkylation sites (N-methyl/N-ethyl adjacent to an activating group) is 2. The molecule has 1 unspecified atom stereocenters. The van der Waals surface area contributed by atoms with Crippen molar-refractivity contribution in [1.29, 1.82) is 0 Å². The molecule has 4 N–H and O–H groups in total. The van der Waals surface area contributed by atoms with Gasteiger partial charge in [-0.1, -0.05) is 37.3 Å². The molecule has 0 saturated carbocycles. The lowest BCUT2D eigenvalue weighted by Gasteiger charge is -2.25. The molecule has 0 bridgehead atoms. The second-order valence-corrected chi connectivity index (χ2v) is 6.64. The molecule has 1 saturated heterocycles. The molecule has 5 amide bonds. The summed E-state index contributed by atoms with van der Waals surface area (Å²) < 4.78 is 0. The van der Waals surface area contributed by atoms with Crippen LogP contribution in [0.5, 0.6) is 0 Å². The van der Waals surface area contributed by atoms with Crippen LogP contribution in [0.15, 0.2) is 30.3 Å². The first-order valence-electron chi connectivity index (χ1n) is 9.49. The first-order chi connectivity index (χ1) is 13.4. The number of nitrogens with zero attached hydrogens (tertiary/aromatic N) is 1. The number of urea groups is 1. The fourth-order valence-corrected chi connectivity index (χ4v) is 3.23. The monoisotopic (exact) mass is 390 g/mol. The zero-order valence-electron chi connectivity index (χ0n) is 16.5. The minimum Gasteiger partial charge on any atom is -0.351 e. The lowest BCUT2D eigenvalue weighted by Crippen LogP contribution is -3.14. The second-order valence-electron chi connectivity index (χ2n) is 6.64. The summed E-state index contributed by atoms with van der Waals surface area (Å²) in [6.07, 6.45) is 0.345. The molecule has 1 aliphatic heterocycles. The summed E-state index contributed by atoms with van der Waals surface area (Å²) in [7, 11) is 0. The quantitative estimate of drug-likeness (QED) is 0.402. The highest BCUT2D eigenvalue weighted by Gasteiger charge is 2.52. The van der Waals surface area contributed by atoms with Gasteiger partial charge < -0.3 is 15.5 Å². The summed E-state index contributed by atoms with van der Waals surface area (Å²) in [6.45, 7) is 6.64. The van der Waals surface area contributed by atoms with E-state index in [-0.39, 0.29) is 19.0 Å². The Balaban J connectivity index is 2.07. The number of nitrogens with one attached hydrogen (secondary N) is 4. The molecular formula is C19H28N5O4+. The van der Waals surface area contributed by atoms with Crippen LogP contribution in [0, 0.1) is 0 Å². The number of benzene rings is 1. The molecule has 1 fully saturated rings. The van der Waals surface area contributed by atoms with Crippen molar-refractivity contribution < 1.29 is 24.1 Å². The van der Waals surface area contributed by atoms with E-state index in [0.717, 1.165) is 9.91 Å². The van der Waals surface area contributed by atoms with E-state index in [1.807, 2.05) is 19.9 Å². The highest BCUT2D eigenvalue weighted by molar-refractivity contribution is 6.08. The van der Waals surface area contributed by atoms with Crippen LogP contribution < -0.4 is 21.0 Å². The van der Waals surface area contributed by atoms with Gasteiger partial charge in [0.15, 0.2) is 13.1 Å². The summed E-state index contributed by atoms with van der Waals surface area (Å²) in [4.78, 5) is 50.2. The number of hydrogen-bond acceptors (Lipinski definition) is 4. The van der Waals surface area contributed by atoms with Crippen molar-refractivity contribution in [3.8, 4) is 0 Å². The Morgan fingerprint density at radius 1 is 1.07 bits per heavy atom. The smallest absolute Gasteiger partial charge is 0.344 e. The topological polar surface area (TPSA) is 112 Å². The third-order valence-electron chi connectivity index (χ3n) is 4.82. The molecule has 1 aromatic carbocycles. The van der Waals surface area contributed by atoms with Gasteiger partial charge in [0.2, 0.25) is 0 Å². The molecule has 152 valence electrons. The lowest BCUT2D eigenvalue weighted by atomic mass is 9.87. The number of rotatable bonds is 9. The van der Waals surface area contributed by atoms with E-state index in [2.05, 4.69) is 16.1 Å². The van der Waals surface area contributed by atoms with Crippen molar-refractivity contribution >= 4 is 23.8 Å². The van der Waals surface area contributed by atoms with Crippen molar-refractivity contribution in [1.82, 2.24) is 21.1 Å². The first-order valence-corrected chi connectivity index (χ1v) is 9.49. The van der Waals surface area contributed by atoms with Crippen LogP contribution in [0.25, 0.3) is 0 Å². The minimum absolute atomic E-state index is 0.0326. The molecule has 28 heavy (non-hydrogen) atoms. The van der Waals surface area contributed by atoms with Gasteiger partial charge in [-0.2, -0.15) is 5.01 Å². The van der Waals surface area contributed by atoms with Crippen molar-refractivity contribution in [2.75, 3.05) is 26.2 Å². The molecule has 2 atom stereocenters. The molecule has 0 aromatic heterocycles. The molecule has 0 aliphatic carbocycles. The van der Waals surface area contributed by atoms with Gasteiger partial charge in [0.05, 0.1) is 6.54 Å². The number of amides is 5. The van der Waals surface area contributed by atoms with Gasteiger partial charge in [0.25, 0.3) is 17.7 Å². The molecule has 2 rings (SSSR count). The number of quaternary nitrogens is 1. The van der Waals surface area contributed by atoms with Gasteiger partial charge in [-0.05, 0) is 25.8 Å². The standard InChI is InChI=1S/C19H27N5O4/c1-4-19(14-10-8-7-9-11-14)17(27)24(18(28)21-19)22-16(26)13-23(6-3)12-15(25)20-5-2/h7-11H,4-6,12-13H2,1-3H3,(H,20,25)(H,21,28)(H,22,26)/p+1/t19-/m1/s1. The summed E-state index contributed by atoms with van der Waals surface area (Å²) in [5, 5.41) is 6.13. The van der Waals surface area contributed by atoms with Crippen LogP contribution in [0.1, 0.15) is 32.8 Å². The zero-order valence-corrected chi connectivity index (χ0v) is 16.5. The predicted octanol–water partition coefficient (Wildman–Crippen LogP) is -1.08. The normalized spacial score (nSPS) is 19.9. The molecule has 1 heterocycles. The van der Waals surface area contributed by atoms with Gasteiger partial charge in [0, 0.05) is 6.54 Å². The van der Waals surface area contributed by atoms with Crippen LogP contribution in [0.4, 0.5) is 4.79 Å². The van der Waals surface area contributed by atoms with Crippen LogP contribution in [-0.2, 0) is 19.9 Å². The van der Waals surface area contributed by atoms with Crippen LogP contribution in [0.2, 0.25) is 0 Å². The Morgan fingerprint density at radius 2 is 1.71 bits per heavy atom. The zero-order chi connectivity index (χ0) is 20.7. The number of hydrogen-bond donors (Lipinski definition) is 4. The Morgan fingerprint density at radius 3 is 2.29 bits per heavy atom. The highest BCUT2D eigenvalue weighted by Crippen LogP contribution is 2.31. The Labute approximate surface area is 164 Å². The van der Waals surface area contributed by atoms with Crippen LogP contribution in [-0.4, -0.2) is 54.9 Å². The van der Waals surface area contributed by atoms with E-state index in [9.17, 15) is 19.2 Å². The maximum absolute atomic E-state index is 13.0. The molecule has 0 radical (unpaired) electrons. The average Bonchev–Trinajstić information content (AvgIpc) is 2.93. The predicted molar refractivity (Wildman–Crippen MR) is 102 cm³/mol. The third-order valence-corrected chi connectivity index (χ3v) is 4.82. The van der Waals surface area contributed by atoms with E-state index in [1.54, 1.807) is 31.2 Å². The largest absolute Gasteiger partial charge is 0.351 e. The van der Waals surface area contributed by atoms with Crippen molar-refractivity contribution in [3.63, 3.8) is 0 Å². The van der Waals surface area contributed by atoms with Crippen molar-refractivity contribution in [2.24, 2.45) is 0 Å². The van der Waals surface area contributed by atoms with Crippen LogP contribution in [0.3, 0.4) is 0 Å². The molecular weight excluding hydrogens is 362 g/mol.